The Bertz CT molecular complexity index is 109. The monoisotopic (exact) mass is 217 g/mol. The Kier molecular flexibility index (Phi) is 6.41. The maximum atomic E-state index is 5.57. The third-order valence-corrected chi connectivity index (χ3v) is 3.38. The Hall–Kier alpha value is 0.970. The first-order valence-corrected chi connectivity index (χ1v) is 7.14. The van der Waals surface area contributed by atoms with Crippen molar-refractivity contribution in [3.63, 3.8) is 0 Å². The minimum Gasteiger partial charge on any atom is -1.00 e. The Balaban J connectivity index is 0. The molecule has 0 spiro atoms. The van der Waals surface area contributed by atoms with Crippen molar-refractivity contribution in [2.75, 3.05) is 26.2 Å². The van der Waals surface area contributed by atoms with Crippen LogP contribution in [-0.2, 0) is 0 Å². The van der Waals surface area contributed by atoms with E-state index in [-0.39, 0.29) is 17.9 Å². The molecule has 11 heavy (non-hydrogen) atoms. The van der Waals surface area contributed by atoms with E-state index < -0.39 is 7.26 Å². The standard InChI is InChI=1S/C7H18ClNP.ClH/c1-7(2,9-8)6-10(3,4)5;/h9H,6H2,1-5H3;1H/q+1;/p-1. The Morgan fingerprint density at radius 3 is 1.73 bits per heavy atom. The molecule has 0 saturated heterocycles. The van der Waals surface area contributed by atoms with E-state index in [1.165, 1.54) is 6.16 Å². The van der Waals surface area contributed by atoms with Crippen LogP contribution < -0.4 is 17.2 Å². The van der Waals surface area contributed by atoms with Gasteiger partial charge in [0.1, 0.15) is 0 Å². The smallest absolute Gasteiger partial charge is 0.0774 e. The molecule has 0 rings (SSSR count). The lowest BCUT2D eigenvalue weighted by Crippen LogP contribution is -3.00. The van der Waals surface area contributed by atoms with Crippen molar-refractivity contribution in [3.05, 3.63) is 0 Å². The summed E-state index contributed by atoms with van der Waals surface area (Å²) in [6.45, 7) is 11.2. The second-order valence-electron chi connectivity index (χ2n) is 4.43. The molecule has 0 aliphatic rings. The highest BCUT2D eigenvalue weighted by Crippen LogP contribution is 2.48. The van der Waals surface area contributed by atoms with Crippen LogP contribution in [0.4, 0.5) is 0 Å². The molecule has 0 atom stereocenters. The lowest BCUT2D eigenvalue weighted by atomic mass is 10.1. The molecule has 1 nitrogen and oxygen atoms in total. The highest BCUT2D eigenvalue weighted by molar-refractivity contribution is 7.73. The summed E-state index contributed by atoms with van der Waals surface area (Å²) in [5, 5.41) is 0. The van der Waals surface area contributed by atoms with E-state index in [1.54, 1.807) is 0 Å². The Morgan fingerprint density at radius 2 is 1.64 bits per heavy atom. The SMILES string of the molecule is CC(C)(C[P+](C)(C)C)NCl.[Cl-]. The third-order valence-electron chi connectivity index (χ3n) is 1.13. The molecular formula is C7H18Cl2NP. The predicted octanol–water partition coefficient (Wildman–Crippen LogP) is -0.581. The zero-order chi connectivity index (χ0) is 8.41. The molecule has 0 aromatic carbocycles. The molecule has 0 aliphatic heterocycles. The molecule has 0 aromatic rings. The molecule has 4 heteroatoms. The first-order chi connectivity index (χ1) is 4.27. The summed E-state index contributed by atoms with van der Waals surface area (Å²) in [6, 6.07) is 0. The van der Waals surface area contributed by atoms with Gasteiger partial charge < -0.3 is 12.4 Å². The van der Waals surface area contributed by atoms with Gasteiger partial charge in [-0.2, -0.15) is 0 Å². The average molecular weight is 218 g/mol. The van der Waals surface area contributed by atoms with Crippen molar-refractivity contribution >= 4 is 19.0 Å². The fourth-order valence-electron chi connectivity index (χ4n) is 1.22. The summed E-state index contributed by atoms with van der Waals surface area (Å²) in [5.41, 5.74) is 0.0909. The second kappa shape index (κ2) is 4.87. The van der Waals surface area contributed by atoms with Crippen LogP contribution in [-0.4, -0.2) is 31.7 Å². The minimum atomic E-state index is -0.701. The summed E-state index contributed by atoms with van der Waals surface area (Å²) >= 11 is 5.57. The third kappa shape index (κ3) is 8.88. The topological polar surface area (TPSA) is 12.0 Å². The van der Waals surface area contributed by atoms with Crippen molar-refractivity contribution in [1.82, 2.24) is 4.84 Å². The molecule has 0 saturated carbocycles. The van der Waals surface area contributed by atoms with Crippen molar-refractivity contribution in [1.29, 1.82) is 0 Å². The van der Waals surface area contributed by atoms with Gasteiger partial charge in [-0.3, -0.25) is 0 Å². The summed E-state index contributed by atoms with van der Waals surface area (Å²) in [5.74, 6) is 0. The van der Waals surface area contributed by atoms with Crippen molar-refractivity contribution in [3.8, 4) is 0 Å². The van der Waals surface area contributed by atoms with E-state index in [2.05, 4.69) is 38.7 Å². The molecule has 1 N–H and O–H groups in total. The number of hydrogen-bond acceptors (Lipinski definition) is 1. The van der Waals surface area contributed by atoms with Gasteiger partial charge in [0, 0.05) is 27.3 Å². The molecule has 0 heterocycles. The van der Waals surface area contributed by atoms with Crippen molar-refractivity contribution < 1.29 is 12.4 Å². The molecular weight excluding hydrogens is 200 g/mol. The Labute approximate surface area is 82.1 Å². The number of nitrogens with one attached hydrogen (secondary N) is 1. The molecule has 0 aliphatic carbocycles. The number of halogens is 2. The zero-order valence-electron chi connectivity index (χ0n) is 7.91. The molecule has 0 unspecified atom stereocenters. The molecule has 0 fully saturated rings. The van der Waals surface area contributed by atoms with Gasteiger partial charge in [0.05, 0.1) is 11.7 Å². The summed E-state index contributed by atoms with van der Waals surface area (Å²) in [6.07, 6.45) is 1.18. The van der Waals surface area contributed by atoms with Crippen molar-refractivity contribution in [2.24, 2.45) is 0 Å². The average Bonchev–Trinajstić information content (AvgIpc) is 1.60. The van der Waals surface area contributed by atoms with Gasteiger partial charge in [0.15, 0.2) is 0 Å². The molecule has 70 valence electrons. The normalized spacial score (nSPS) is 12.5. The van der Waals surface area contributed by atoms with Crippen LogP contribution in [0, 0.1) is 0 Å². The van der Waals surface area contributed by atoms with Crippen LogP contribution in [0.25, 0.3) is 0 Å². The lowest BCUT2D eigenvalue weighted by molar-refractivity contribution is -0.00000314. The van der Waals surface area contributed by atoms with Crippen LogP contribution in [0.1, 0.15) is 13.8 Å². The first-order valence-electron chi connectivity index (χ1n) is 3.45. The van der Waals surface area contributed by atoms with E-state index in [0.717, 1.165) is 0 Å². The zero-order valence-corrected chi connectivity index (χ0v) is 10.3. The molecule has 0 amide bonds. The van der Waals surface area contributed by atoms with Gasteiger partial charge in [-0.15, -0.1) is 0 Å². The fourth-order valence-corrected chi connectivity index (χ4v) is 3.83. The number of rotatable bonds is 3. The van der Waals surface area contributed by atoms with Crippen LogP contribution in [0.3, 0.4) is 0 Å². The van der Waals surface area contributed by atoms with Gasteiger partial charge in [0.2, 0.25) is 0 Å². The minimum absolute atomic E-state index is 0. The van der Waals surface area contributed by atoms with Crippen LogP contribution >= 0.6 is 19.0 Å². The van der Waals surface area contributed by atoms with Gasteiger partial charge in [-0.05, 0) is 25.6 Å². The first kappa shape index (κ1) is 14.5. The maximum absolute atomic E-state index is 5.57. The number of hydrogen-bond donors (Lipinski definition) is 1. The summed E-state index contributed by atoms with van der Waals surface area (Å²) in [7, 11) is -0.701. The van der Waals surface area contributed by atoms with E-state index in [9.17, 15) is 0 Å². The van der Waals surface area contributed by atoms with E-state index >= 15 is 0 Å². The van der Waals surface area contributed by atoms with Gasteiger partial charge in [-0.1, -0.05) is 0 Å². The quantitative estimate of drug-likeness (QED) is 0.493. The fraction of sp³-hybridized carbons (Fsp3) is 1.00. The molecule has 0 aromatic heterocycles. The Morgan fingerprint density at radius 1 is 1.27 bits per heavy atom. The summed E-state index contributed by atoms with van der Waals surface area (Å²) in [4.78, 5) is 2.80. The summed E-state index contributed by atoms with van der Waals surface area (Å²) < 4.78 is 0. The highest BCUT2D eigenvalue weighted by atomic mass is 35.5. The lowest BCUT2D eigenvalue weighted by Gasteiger charge is -2.25. The predicted molar refractivity (Wildman–Crippen MR) is 52.6 cm³/mol. The van der Waals surface area contributed by atoms with E-state index in [1.807, 2.05) is 0 Å². The largest absolute Gasteiger partial charge is 1.00 e. The van der Waals surface area contributed by atoms with Gasteiger partial charge in [0.25, 0.3) is 0 Å². The second-order valence-corrected chi connectivity index (χ2v) is 9.51. The van der Waals surface area contributed by atoms with E-state index in [0.29, 0.717) is 0 Å². The van der Waals surface area contributed by atoms with Gasteiger partial charge >= 0.3 is 0 Å². The highest BCUT2D eigenvalue weighted by Gasteiger charge is 2.29. The molecule has 0 radical (unpaired) electrons. The van der Waals surface area contributed by atoms with Crippen LogP contribution in [0.5, 0.6) is 0 Å². The maximum Gasteiger partial charge on any atom is 0.0774 e. The van der Waals surface area contributed by atoms with E-state index in [4.69, 9.17) is 11.8 Å². The molecule has 0 bridgehead atoms. The van der Waals surface area contributed by atoms with Crippen molar-refractivity contribution in [2.45, 2.75) is 19.4 Å². The van der Waals surface area contributed by atoms with Gasteiger partial charge in [-0.25, -0.2) is 4.84 Å². The van der Waals surface area contributed by atoms with Crippen LogP contribution in [0.2, 0.25) is 0 Å². The van der Waals surface area contributed by atoms with Crippen LogP contribution in [0.15, 0.2) is 0 Å².